The predicted molar refractivity (Wildman–Crippen MR) is 97.7 cm³/mol. The molecule has 0 bridgehead atoms. The molecule has 0 radical (unpaired) electrons. The van der Waals surface area contributed by atoms with Crippen molar-refractivity contribution in [2.45, 2.75) is 13.0 Å². The zero-order chi connectivity index (χ0) is 18.0. The normalized spacial score (nSPS) is 26.0. The second-order valence-corrected chi connectivity index (χ2v) is 8.01. The van der Waals surface area contributed by atoms with Crippen LogP contribution in [0.2, 0.25) is 0 Å². The maximum atomic E-state index is 12.6. The van der Waals surface area contributed by atoms with E-state index in [2.05, 4.69) is 26.5 Å². The van der Waals surface area contributed by atoms with E-state index in [-0.39, 0.29) is 11.3 Å². The van der Waals surface area contributed by atoms with Crippen molar-refractivity contribution in [2.24, 2.45) is 11.3 Å². The minimum atomic E-state index is 0.000191. The van der Waals surface area contributed by atoms with E-state index < -0.39 is 0 Å². The lowest BCUT2D eigenvalue weighted by atomic mass is 9.77. The monoisotopic (exact) mass is 373 g/mol. The summed E-state index contributed by atoms with van der Waals surface area (Å²) in [5.74, 6) is 0.427. The zero-order valence-corrected chi connectivity index (χ0v) is 15.7. The van der Waals surface area contributed by atoms with E-state index in [9.17, 15) is 4.79 Å². The quantitative estimate of drug-likeness (QED) is 0.792. The maximum absolute atomic E-state index is 12.6. The molecule has 0 saturated carbocycles. The number of aromatic nitrogens is 3. The third kappa shape index (κ3) is 3.49. The Bertz CT molecular complexity index is 741. The van der Waals surface area contributed by atoms with Crippen molar-refractivity contribution in [2.75, 3.05) is 39.8 Å². The van der Waals surface area contributed by atoms with Gasteiger partial charge in [0.1, 0.15) is 0 Å². The van der Waals surface area contributed by atoms with Crippen LogP contribution in [0.5, 0.6) is 0 Å². The zero-order valence-electron chi connectivity index (χ0n) is 14.9. The van der Waals surface area contributed by atoms with Crippen molar-refractivity contribution in [1.82, 2.24) is 24.4 Å². The van der Waals surface area contributed by atoms with Crippen LogP contribution < -0.4 is 0 Å². The van der Waals surface area contributed by atoms with Gasteiger partial charge in [-0.3, -0.25) is 9.78 Å². The van der Waals surface area contributed by atoms with Gasteiger partial charge in [-0.05, 0) is 36.6 Å². The molecule has 2 fully saturated rings. The van der Waals surface area contributed by atoms with Crippen LogP contribution in [0, 0.1) is 11.3 Å². The number of hydrogen-bond donors (Lipinski definition) is 0. The van der Waals surface area contributed by atoms with Gasteiger partial charge in [-0.15, -0.1) is 5.10 Å². The van der Waals surface area contributed by atoms with E-state index in [0.29, 0.717) is 24.8 Å². The average Bonchev–Trinajstić information content (AvgIpc) is 3.37. The number of ether oxygens (including phenoxy) is 1. The van der Waals surface area contributed by atoms with Crippen LogP contribution in [0.15, 0.2) is 29.9 Å². The Morgan fingerprint density at radius 1 is 1.46 bits per heavy atom. The molecule has 4 heterocycles. The molecule has 1 amide bonds. The van der Waals surface area contributed by atoms with E-state index in [1.165, 1.54) is 11.5 Å². The first-order chi connectivity index (χ1) is 12.7. The highest BCUT2D eigenvalue weighted by molar-refractivity contribution is 7.03. The fraction of sp³-hybridized carbons (Fsp3) is 0.556. The molecule has 0 N–H and O–H groups in total. The lowest BCUT2D eigenvalue weighted by Crippen LogP contribution is -2.38. The third-order valence-electron chi connectivity index (χ3n) is 5.55. The van der Waals surface area contributed by atoms with E-state index in [1.54, 1.807) is 11.6 Å². The molecule has 2 aromatic heterocycles. The van der Waals surface area contributed by atoms with Gasteiger partial charge in [-0.2, -0.15) is 0 Å². The van der Waals surface area contributed by atoms with E-state index in [0.717, 1.165) is 38.2 Å². The highest BCUT2D eigenvalue weighted by Crippen LogP contribution is 2.43. The van der Waals surface area contributed by atoms with Gasteiger partial charge in [0.15, 0.2) is 5.69 Å². The summed E-state index contributed by atoms with van der Waals surface area (Å²) >= 11 is 1.22. The van der Waals surface area contributed by atoms with Crippen LogP contribution in [-0.2, 0) is 11.3 Å². The van der Waals surface area contributed by atoms with Crippen molar-refractivity contribution >= 4 is 17.4 Å². The first-order valence-corrected chi connectivity index (χ1v) is 9.71. The van der Waals surface area contributed by atoms with Crippen LogP contribution in [0.3, 0.4) is 0 Å². The van der Waals surface area contributed by atoms with Gasteiger partial charge >= 0.3 is 0 Å². The predicted octanol–water partition coefficient (Wildman–Crippen LogP) is 1.54. The fourth-order valence-corrected chi connectivity index (χ4v) is 4.71. The minimum Gasteiger partial charge on any atom is -0.376 e. The lowest BCUT2D eigenvalue weighted by Gasteiger charge is -2.30. The molecular formula is C18H23N5O2S. The highest BCUT2D eigenvalue weighted by atomic mass is 32.1. The van der Waals surface area contributed by atoms with Gasteiger partial charge in [-0.1, -0.05) is 10.6 Å². The van der Waals surface area contributed by atoms with Gasteiger partial charge < -0.3 is 14.5 Å². The number of carbonyl (C=O) groups excluding carboxylic acids is 1. The molecule has 2 saturated heterocycles. The molecule has 0 unspecified atom stereocenters. The fourth-order valence-electron chi connectivity index (χ4n) is 4.28. The Hall–Kier alpha value is -1.90. The Kier molecular flexibility index (Phi) is 4.97. The minimum absolute atomic E-state index is 0.000191. The number of rotatable bonds is 5. The Labute approximate surface area is 157 Å². The second kappa shape index (κ2) is 7.38. The molecule has 2 atom stereocenters. The summed E-state index contributed by atoms with van der Waals surface area (Å²) in [6, 6.07) is 3.96. The van der Waals surface area contributed by atoms with E-state index in [4.69, 9.17) is 4.74 Å². The van der Waals surface area contributed by atoms with Gasteiger partial charge in [0.25, 0.3) is 5.91 Å². The lowest BCUT2D eigenvalue weighted by molar-refractivity contribution is 0.0494. The van der Waals surface area contributed by atoms with Crippen LogP contribution in [0.25, 0.3) is 0 Å². The molecule has 0 aromatic carbocycles. The number of hydrogen-bond acceptors (Lipinski definition) is 7. The van der Waals surface area contributed by atoms with Crippen LogP contribution in [-0.4, -0.2) is 70.1 Å². The average molecular weight is 373 g/mol. The number of amides is 1. The molecule has 1 spiro atoms. The summed E-state index contributed by atoms with van der Waals surface area (Å²) < 4.78 is 9.83. The number of pyridine rings is 1. The first kappa shape index (κ1) is 17.5. The summed E-state index contributed by atoms with van der Waals surface area (Å²) in [5, 5.41) is 5.65. The largest absolute Gasteiger partial charge is 0.376 e. The Morgan fingerprint density at radius 3 is 3.15 bits per heavy atom. The molecule has 138 valence electrons. The van der Waals surface area contributed by atoms with Crippen molar-refractivity contribution < 1.29 is 9.53 Å². The molecule has 2 aromatic rings. The van der Waals surface area contributed by atoms with Crippen LogP contribution in [0.1, 0.15) is 22.5 Å². The van der Waals surface area contributed by atoms with Crippen molar-refractivity contribution in [1.29, 1.82) is 0 Å². The van der Waals surface area contributed by atoms with Gasteiger partial charge in [0.05, 0.1) is 13.2 Å². The van der Waals surface area contributed by atoms with Crippen LogP contribution >= 0.6 is 11.5 Å². The van der Waals surface area contributed by atoms with Crippen LogP contribution in [0.4, 0.5) is 0 Å². The van der Waals surface area contributed by atoms with Crippen molar-refractivity contribution in [3.05, 3.63) is 41.2 Å². The number of nitrogens with zero attached hydrogens (tertiary/aromatic N) is 5. The van der Waals surface area contributed by atoms with Crippen molar-refractivity contribution in [3.8, 4) is 0 Å². The number of carbonyl (C=O) groups is 1. The maximum Gasteiger partial charge on any atom is 0.275 e. The van der Waals surface area contributed by atoms with Gasteiger partial charge in [0.2, 0.25) is 0 Å². The summed E-state index contributed by atoms with van der Waals surface area (Å²) in [4.78, 5) is 21.0. The highest BCUT2D eigenvalue weighted by Gasteiger charge is 2.50. The molecule has 4 rings (SSSR count). The van der Waals surface area contributed by atoms with E-state index in [1.807, 2.05) is 23.2 Å². The summed E-state index contributed by atoms with van der Waals surface area (Å²) in [6.45, 7) is 4.86. The smallest absolute Gasteiger partial charge is 0.275 e. The SMILES string of the molecule is CN1C[C@@H](COCc2cccnc2)[C@]2(CCN(C(=O)c3csnn3)C2)C1. The van der Waals surface area contributed by atoms with Crippen molar-refractivity contribution in [3.63, 3.8) is 0 Å². The number of likely N-dealkylation sites (tertiary alicyclic amines) is 2. The summed E-state index contributed by atoms with van der Waals surface area (Å²) in [5.41, 5.74) is 1.66. The van der Waals surface area contributed by atoms with E-state index >= 15 is 0 Å². The molecule has 8 heteroatoms. The summed E-state index contributed by atoms with van der Waals surface area (Å²) in [6.07, 6.45) is 4.63. The third-order valence-corrected chi connectivity index (χ3v) is 6.05. The Balaban J connectivity index is 1.39. The second-order valence-electron chi connectivity index (χ2n) is 7.40. The first-order valence-electron chi connectivity index (χ1n) is 8.88. The standard InChI is InChI=1S/C18H23N5O2S/c1-22-8-15(10-25-9-14-3-2-5-19-7-14)18(12-22)4-6-23(13-18)17(24)16-11-26-21-20-16/h2-3,5,7,11,15H,4,6,8-10,12-13H2,1H3/t15-,18+/m0/s1. The molecule has 0 aliphatic carbocycles. The molecule has 2 aliphatic rings. The molecular weight excluding hydrogens is 350 g/mol. The molecule has 7 nitrogen and oxygen atoms in total. The van der Waals surface area contributed by atoms with Gasteiger partial charge in [0, 0.05) is 55.3 Å². The van der Waals surface area contributed by atoms with Gasteiger partial charge in [-0.25, -0.2) is 0 Å². The summed E-state index contributed by atoms with van der Waals surface area (Å²) in [7, 11) is 2.15. The molecule has 2 aliphatic heterocycles. The topological polar surface area (TPSA) is 71.5 Å². The molecule has 26 heavy (non-hydrogen) atoms. The Morgan fingerprint density at radius 2 is 2.38 bits per heavy atom.